The van der Waals surface area contributed by atoms with E-state index in [0.29, 0.717) is 31.5 Å². The van der Waals surface area contributed by atoms with Crippen molar-refractivity contribution in [1.82, 2.24) is 10.3 Å². The fourth-order valence-corrected chi connectivity index (χ4v) is 3.67. The zero-order valence-electron chi connectivity index (χ0n) is 19.4. The van der Waals surface area contributed by atoms with Crippen LogP contribution < -0.4 is 15.0 Å². The molecule has 0 atom stereocenters. The van der Waals surface area contributed by atoms with Gasteiger partial charge in [0.1, 0.15) is 17.5 Å². The lowest BCUT2D eigenvalue weighted by Gasteiger charge is -2.33. The summed E-state index contributed by atoms with van der Waals surface area (Å²) >= 11 is 0. The molecule has 34 heavy (non-hydrogen) atoms. The average Bonchev–Trinajstić information content (AvgIpc) is 2.77. The number of nitrogens with zero attached hydrogens (tertiary/aromatic N) is 4. The highest BCUT2D eigenvalue weighted by molar-refractivity contribution is 5.74. The molecule has 0 radical (unpaired) electrons. The van der Waals surface area contributed by atoms with Crippen LogP contribution in [0, 0.1) is 27.3 Å². The summed E-state index contributed by atoms with van der Waals surface area (Å²) in [6.07, 6.45) is 0.535. The quantitative estimate of drug-likeness (QED) is 0.508. The first-order valence-corrected chi connectivity index (χ1v) is 10.7. The van der Waals surface area contributed by atoms with E-state index in [9.17, 15) is 19.3 Å². The number of piperidine rings is 1. The number of carbonyl (C=O) groups is 1. The first-order valence-electron chi connectivity index (χ1n) is 10.7. The molecule has 2 aromatic rings. The molecule has 2 heterocycles. The van der Waals surface area contributed by atoms with Gasteiger partial charge in [-0.25, -0.2) is 14.2 Å². The predicted molar refractivity (Wildman–Crippen MR) is 122 cm³/mol. The van der Waals surface area contributed by atoms with E-state index in [-0.39, 0.29) is 34.6 Å². The highest BCUT2D eigenvalue weighted by atomic mass is 19.1. The van der Waals surface area contributed by atoms with Crippen LogP contribution in [0.4, 0.5) is 20.7 Å². The van der Waals surface area contributed by atoms with Crippen LogP contribution in [-0.2, 0) is 4.74 Å². The van der Waals surface area contributed by atoms with E-state index in [1.54, 1.807) is 31.7 Å². The molecule has 1 aromatic heterocycles. The summed E-state index contributed by atoms with van der Waals surface area (Å²) in [6, 6.07) is 6.99. The largest absolute Gasteiger partial charge is 0.490 e. The van der Waals surface area contributed by atoms with Crippen molar-refractivity contribution < 1.29 is 23.6 Å². The van der Waals surface area contributed by atoms with Crippen LogP contribution >= 0.6 is 0 Å². The number of alkyl carbamates (subject to hydrolysis) is 1. The van der Waals surface area contributed by atoms with Crippen LogP contribution in [0.15, 0.2) is 24.3 Å². The third-order valence-electron chi connectivity index (χ3n) is 5.24. The van der Waals surface area contributed by atoms with Gasteiger partial charge >= 0.3 is 11.8 Å². The van der Waals surface area contributed by atoms with Gasteiger partial charge in [0.25, 0.3) is 0 Å². The first kappa shape index (κ1) is 24.7. The van der Waals surface area contributed by atoms with Gasteiger partial charge in [0.05, 0.1) is 23.3 Å². The van der Waals surface area contributed by atoms with Crippen molar-refractivity contribution in [3.8, 4) is 23.1 Å². The monoisotopic (exact) mass is 471 g/mol. The van der Waals surface area contributed by atoms with Gasteiger partial charge < -0.3 is 19.7 Å². The fraction of sp³-hybridized carbons (Fsp3) is 0.435. The second kappa shape index (κ2) is 9.91. The molecular weight excluding hydrogens is 445 g/mol. The van der Waals surface area contributed by atoms with E-state index in [0.717, 1.165) is 6.07 Å². The van der Waals surface area contributed by atoms with Gasteiger partial charge in [-0.2, -0.15) is 5.26 Å². The highest BCUT2D eigenvalue weighted by Crippen LogP contribution is 2.40. The van der Waals surface area contributed by atoms with Crippen LogP contribution in [0.3, 0.4) is 0 Å². The molecular formula is C23H26FN5O5. The number of amides is 1. The van der Waals surface area contributed by atoms with E-state index in [1.807, 2.05) is 0 Å². The van der Waals surface area contributed by atoms with Crippen LogP contribution in [0.25, 0.3) is 11.3 Å². The Morgan fingerprint density at radius 3 is 2.53 bits per heavy atom. The van der Waals surface area contributed by atoms with Crippen molar-refractivity contribution in [1.29, 1.82) is 5.26 Å². The number of nitro groups is 1. The molecule has 1 saturated heterocycles. The van der Waals surface area contributed by atoms with Crippen LogP contribution in [-0.4, -0.2) is 47.8 Å². The lowest BCUT2D eigenvalue weighted by molar-refractivity contribution is -0.385. The molecule has 0 aliphatic carbocycles. The summed E-state index contributed by atoms with van der Waals surface area (Å²) in [6.45, 7) is 6.12. The minimum Gasteiger partial charge on any atom is -0.490 e. The number of hydrogen-bond donors (Lipinski definition) is 1. The van der Waals surface area contributed by atoms with Crippen LogP contribution in [0.1, 0.15) is 39.2 Å². The van der Waals surface area contributed by atoms with E-state index in [1.165, 1.54) is 25.3 Å². The van der Waals surface area contributed by atoms with E-state index in [4.69, 9.17) is 14.7 Å². The van der Waals surface area contributed by atoms with Crippen molar-refractivity contribution in [2.45, 2.75) is 45.3 Å². The number of nitriles is 1. The minimum absolute atomic E-state index is 0.0104. The molecule has 0 spiro atoms. The van der Waals surface area contributed by atoms with Gasteiger partial charge in [0.15, 0.2) is 0 Å². The van der Waals surface area contributed by atoms with Gasteiger partial charge in [-0.3, -0.25) is 10.1 Å². The Hall–Kier alpha value is -3.94. The highest BCUT2D eigenvalue weighted by Gasteiger charge is 2.32. The van der Waals surface area contributed by atoms with Crippen LogP contribution in [0.2, 0.25) is 0 Å². The van der Waals surface area contributed by atoms with Gasteiger partial charge in [-0.15, -0.1) is 0 Å². The van der Waals surface area contributed by atoms with Crippen molar-refractivity contribution in [3.05, 3.63) is 45.8 Å². The lowest BCUT2D eigenvalue weighted by atomic mass is 10.0. The number of ether oxygens (including phenoxy) is 2. The number of aromatic nitrogens is 1. The molecule has 0 saturated carbocycles. The maximum atomic E-state index is 14.2. The second-order valence-electron chi connectivity index (χ2n) is 8.85. The molecule has 1 amide bonds. The predicted octanol–water partition coefficient (Wildman–Crippen LogP) is 4.17. The first-order chi connectivity index (χ1) is 16.0. The summed E-state index contributed by atoms with van der Waals surface area (Å²) in [5, 5.41) is 23.7. The molecule has 10 nitrogen and oxygen atoms in total. The van der Waals surface area contributed by atoms with E-state index in [2.05, 4.69) is 10.3 Å². The Bertz CT molecular complexity index is 1130. The average molecular weight is 471 g/mol. The molecule has 1 aliphatic rings. The molecule has 1 fully saturated rings. The Balaban J connectivity index is 1.88. The maximum absolute atomic E-state index is 14.2. The van der Waals surface area contributed by atoms with Gasteiger partial charge in [-0.05, 0) is 45.7 Å². The van der Waals surface area contributed by atoms with E-state index >= 15 is 0 Å². The number of rotatable bonds is 5. The number of hydrogen-bond acceptors (Lipinski definition) is 8. The summed E-state index contributed by atoms with van der Waals surface area (Å²) in [7, 11) is 1.31. The maximum Gasteiger partial charge on any atom is 0.407 e. The van der Waals surface area contributed by atoms with Crippen molar-refractivity contribution >= 4 is 17.6 Å². The second-order valence-corrected chi connectivity index (χ2v) is 8.85. The number of benzene rings is 1. The zero-order valence-corrected chi connectivity index (χ0v) is 19.4. The molecule has 11 heteroatoms. The van der Waals surface area contributed by atoms with Crippen molar-refractivity contribution in [2.24, 2.45) is 0 Å². The van der Waals surface area contributed by atoms with Crippen molar-refractivity contribution in [3.63, 3.8) is 0 Å². The number of anilines is 1. The van der Waals surface area contributed by atoms with Crippen molar-refractivity contribution in [2.75, 3.05) is 25.1 Å². The molecule has 1 N–H and O–H groups in total. The Morgan fingerprint density at radius 1 is 1.32 bits per heavy atom. The molecule has 0 unspecified atom stereocenters. The minimum atomic E-state index is -0.713. The smallest absolute Gasteiger partial charge is 0.407 e. The van der Waals surface area contributed by atoms with E-state index < -0.39 is 22.4 Å². The summed E-state index contributed by atoms with van der Waals surface area (Å²) in [5.74, 6) is -0.627. The number of halogens is 1. The lowest BCUT2D eigenvalue weighted by Crippen LogP contribution is -2.46. The Labute approximate surface area is 196 Å². The molecule has 3 rings (SSSR count). The van der Waals surface area contributed by atoms with Gasteiger partial charge in [0, 0.05) is 30.8 Å². The standard InChI is InChI=1S/C23H26FN5O5/c1-23(2,3)34-22(30)26-16-7-9-28(10-8-16)21-20(29(31)32)19(33-4)12-18(27-21)14-5-6-15(13-25)17(24)11-14/h5-6,11-12,16H,7-10H2,1-4H3,(H,26,30). The summed E-state index contributed by atoms with van der Waals surface area (Å²) in [5.41, 5.74) is -0.393. The molecule has 180 valence electrons. The normalized spacial score (nSPS) is 14.3. The Morgan fingerprint density at radius 2 is 2.00 bits per heavy atom. The molecule has 0 bridgehead atoms. The molecule has 1 aromatic carbocycles. The van der Waals surface area contributed by atoms with Crippen LogP contribution in [0.5, 0.6) is 5.75 Å². The summed E-state index contributed by atoms with van der Waals surface area (Å²) in [4.78, 5) is 29.6. The SMILES string of the molecule is COc1cc(-c2ccc(C#N)c(F)c2)nc(N2CCC(NC(=O)OC(C)(C)C)CC2)c1[N+](=O)[O-]. The zero-order chi connectivity index (χ0) is 25.0. The fourth-order valence-electron chi connectivity index (χ4n) is 3.67. The topological polar surface area (TPSA) is 131 Å². The number of carbonyl (C=O) groups excluding carboxylic acids is 1. The third-order valence-corrected chi connectivity index (χ3v) is 5.24. The van der Waals surface area contributed by atoms with Gasteiger partial charge in [-0.1, -0.05) is 6.07 Å². The third kappa shape index (κ3) is 5.70. The number of methoxy groups -OCH3 is 1. The Kier molecular flexibility index (Phi) is 7.20. The molecule has 1 aliphatic heterocycles. The summed E-state index contributed by atoms with van der Waals surface area (Å²) < 4.78 is 24.7. The number of pyridine rings is 1. The van der Waals surface area contributed by atoms with Gasteiger partial charge in [0.2, 0.25) is 11.6 Å². The number of nitrogens with one attached hydrogen (secondary N) is 1.